The highest BCUT2D eigenvalue weighted by Crippen LogP contribution is 2.26. The van der Waals surface area contributed by atoms with E-state index in [1.807, 2.05) is 0 Å². The standard InChI is InChI=1S/C49H98O11S/c1-11-36(3)19-13-21-38(5)23-15-25-40(7)27-17-29-42(9)31-56-33-44(34-58-49-48(52)47(51)46(50)45(60-49)35-59-61(53,54)55)57-32-43(10)30-18-28-41(8)26-16-24-39(6)22-14-20-37(4)12-2/h36-52H,11-35H2,1-10H3,(H,53,54,55)/t36?,37?,38-,39-,40+,41+,42?,43?,44+,45+,46+,47-,48+,49-/m0/s1. The van der Waals surface area contributed by atoms with E-state index in [2.05, 4.69) is 73.4 Å². The predicted molar refractivity (Wildman–Crippen MR) is 248 cm³/mol. The van der Waals surface area contributed by atoms with E-state index in [1.54, 1.807) is 0 Å². The number of hydrogen-bond donors (Lipinski definition) is 4. The van der Waals surface area contributed by atoms with Gasteiger partial charge in [-0.25, -0.2) is 4.18 Å². The van der Waals surface area contributed by atoms with Gasteiger partial charge < -0.3 is 34.3 Å². The summed E-state index contributed by atoms with van der Waals surface area (Å²) in [6, 6.07) is 0. The van der Waals surface area contributed by atoms with Crippen LogP contribution < -0.4 is 0 Å². The van der Waals surface area contributed by atoms with Crippen LogP contribution in [0.3, 0.4) is 0 Å². The maximum atomic E-state index is 11.1. The lowest BCUT2D eigenvalue weighted by Gasteiger charge is -2.40. The van der Waals surface area contributed by atoms with E-state index in [9.17, 15) is 23.7 Å². The molecule has 11 nitrogen and oxygen atoms in total. The second kappa shape index (κ2) is 34.0. The molecule has 1 rings (SSSR count). The first-order valence-corrected chi connectivity index (χ1v) is 26.3. The zero-order chi connectivity index (χ0) is 45.8. The van der Waals surface area contributed by atoms with Crippen molar-refractivity contribution in [1.82, 2.24) is 0 Å². The summed E-state index contributed by atoms with van der Waals surface area (Å²) in [5.74, 6) is 5.42. The Morgan fingerprint density at radius 3 is 1.26 bits per heavy atom. The Morgan fingerprint density at radius 1 is 0.492 bits per heavy atom. The molecule has 0 aromatic rings. The van der Waals surface area contributed by atoms with Crippen molar-refractivity contribution in [3.63, 3.8) is 0 Å². The average molecular weight is 895 g/mol. The van der Waals surface area contributed by atoms with Gasteiger partial charge in [-0.15, -0.1) is 0 Å². The Bertz CT molecular complexity index is 1140. The smallest absolute Gasteiger partial charge is 0.387 e. The number of rotatable bonds is 39. The molecule has 0 amide bonds. The maximum Gasteiger partial charge on any atom is 0.397 e. The molecule has 4 unspecified atom stereocenters. The van der Waals surface area contributed by atoms with Crippen molar-refractivity contribution < 1.29 is 51.4 Å². The van der Waals surface area contributed by atoms with Crippen molar-refractivity contribution in [2.75, 3.05) is 33.0 Å². The van der Waals surface area contributed by atoms with Crippen molar-refractivity contribution in [1.29, 1.82) is 0 Å². The van der Waals surface area contributed by atoms with Crippen molar-refractivity contribution in [2.45, 2.75) is 234 Å². The second-order valence-electron chi connectivity index (χ2n) is 20.3. The van der Waals surface area contributed by atoms with Gasteiger partial charge in [-0.3, -0.25) is 4.55 Å². The minimum Gasteiger partial charge on any atom is -0.387 e. The van der Waals surface area contributed by atoms with Gasteiger partial charge >= 0.3 is 10.4 Å². The van der Waals surface area contributed by atoms with Gasteiger partial charge in [0, 0.05) is 13.2 Å². The topological polar surface area (TPSA) is 161 Å². The van der Waals surface area contributed by atoms with E-state index in [1.165, 1.54) is 109 Å². The lowest BCUT2D eigenvalue weighted by atomic mass is 9.91. The van der Waals surface area contributed by atoms with Crippen molar-refractivity contribution in [3.8, 4) is 0 Å². The summed E-state index contributed by atoms with van der Waals surface area (Å²) >= 11 is 0. The number of aliphatic hydroxyl groups excluding tert-OH is 3. The highest BCUT2D eigenvalue weighted by Gasteiger charge is 2.45. The summed E-state index contributed by atoms with van der Waals surface area (Å²) in [6.07, 6.45) is 17.1. The van der Waals surface area contributed by atoms with Gasteiger partial charge in [-0.2, -0.15) is 8.42 Å². The third kappa shape index (κ3) is 29.7. The number of ether oxygens (including phenoxy) is 4. The van der Waals surface area contributed by atoms with Crippen LogP contribution in [0, 0.1) is 47.3 Å². The largest absolute Gasteiger partial charge is 0.397 e. The third-order valence-corrected chi connectivity index (χ3v) is 14.0. The van der Waals surface area contributed by atoms with E-state index in [0.717, 1.165) is 48.9 Å². The van der Waals surface area contributed by atoms with Crippen molar-refractivity contribution in [2.24, 2.45) is 47.3 Å². The van der Waals surface area contributed by atoms with Gasteiger partial charge in [0.1, 0.15) is 30.5 Å². The second-order valence-corrected chi connectivity index (χ2v) is 21.4. The summed E-state index contributed by atoms with van der Waals surface area (Å²) in [4.78, 5) is 0. The molecule has 1 aliphatic heterocycles. The van der Waals surface area contributed by atoms with Crippen LogP contribution in [0.5, 0.6) is 0 Å². The van der Waals surface area contributed by atoms with Crippen LogP contribution in [0.2, 0.25) is 0 Å². The summed E-state index contributed by atoms with van der Waals surface area (Å²) in [6.45, 7) is 23.8. The Balaban J connectivity index is 2.59. The summed E-state index contributed by atoms with van der Waals surface area (Å²) in [7, 11) is -4.82. The maximum absolute atomic E-state index is 11.1. The molecule has 0 radical (unpaired) electrons. The fourth-order valence-electron chi connectivity index (χ4n) is 8.43. The van der Waals surface area contributed by atoms with Crippen LogP contribution in [-0.4, -0.2) is 98.1 Å². The van der Waals surface area contributed by atoms with Gasteiger partial charge in [0.05, 0.1) is 19.8 Å². The minimum absolute atomic E-state index is 0.0292. The Hall–Kier alpha value is -0.410. The first-order valence-electron chi connectivity index (χ1n) is 25.0. The Kier molecular flexibility index (Phi) is 32.6. The summed E-state index contributed by atoms with van der Waals surface area (Å²) < 4.78 is 59.6. The predicted octanol–water partition coefficient (Wildman–Crippen LogP) is 11.0. The summed E-state index contributed by atoms with van der Waals surface area (Å²) in [5, 5.41) is 31.4. The molecule has 4 N–H and O–H groups in total. The Morgan fingerprint density at radius 2 is 0.869 bits per heavy atom. The van der Waals surface area contributed by atoms with Crippen LogP contribution in [0.4, 0.5) is 0 Å². The van der Waals surface area contributed by atoms with E-state index in [-0.39, 0.29) is 13.2 Å². The molecule has 1 heterocycles. The SMILES string of the molecule is CCC(C)CCC[C@H](C)CCC[C@@H](C)CCCC(C)COC[C@H](CO[C@H]1O[C@H](COS(=O)(=O)O)[C@@H](O)[C@H](O)[C@H]1O)OCC(C)CCC[C@H](C)CCC[C@@H](C)CCCC(C)CC. The number of aliphatic hydroxyl groups is 3. The average Bonchev–Trinajstić information content (AvgIpc) is 3.20. The van der Waals surface area contributed by atoms with Gasteiger partial charge in [-0.05, 0) is 60.2 Å². The Labute approximate surface area is 375 Å². The van der Waals surface area contributed by atoms with Gasteiger partial charge in [-0.1, -0.05) is 185 Å². The minimum atomic E-state index is -4.82. The van der Waals surface area contributed by atoms with E-state index < -0.39 is 53.8 Å². The molecule has 0 saturated carbocycles. The zero-order valence-corrected chi connectivity index (χ0v) is 41.6. The monoisotopic (exact) mass is 895 g/mol. The van der Waals surface area contributed by atoms with Crippen molar-refractivity contribution in [3.05, 3.63) is 0 Å². The van der Waals surface area contributed by atoms with Crippen molar-refractivity contribution >= 4 is 10.4 Å². The molecular weight excluding hydrogens is 797 g/mol. The van der Waals surface area contributed by atoms with Gasteiger partial charge in [0.15, 0.2) is 6.29 Å². The van der Waals surface area contributed by atoms with Crippen LogP contribution in [0.15, 0.2) is 0 Å². The van der Waals surface area contributed by atoms with Gasteiger partial charge in [0.25, 0.3) is 0 Å². The lowest BCUT2D eigenvalue weighted by Crippen LogP contribution is -2.59. The van der Waals surface area contributed by atoms with Crippen LogP contribution in [0.1, 0.15) is 198 Å². The van der Waals surface area contributed by atoms with Crippen LogP contribution in [-0.2, 0) is 33.5 Å². The molecule has 0 aromatic carbocycles. The lowest BCUT2D eigenvalue weighted by molar-refractivity contribution is -0.305. The molecule has 61 heavy (non-hydrogen) atoms. The van der Waals surface area contributed by atoms with Crippen LogP contribution >= 0.6 is 0 Å². The molecular formula is C49H98O11S. The molecule has 0 aromatic heterocycles. The summed E-state index contributed by atoms with van der Waals surface area (Å²) in [5.41, 5.74) is 0. The fraction of sp³-hybridized carbons (Fsp3) is 1.00. The third-order valence-electron chi connectivity index (χ3n) is 13.6. The first-order chi connectivity index (χ1) is 28.8. The molecule has 0 spiro atoms. The van der Waals surface area contributed by atoms with Gasteiger partial charge in [0.2, 0.25) is 0 Å². The molecule has 1 fully saturated rings. The normalized spacial score (nSPS) is 24.5. The van der Waals surface area contributed by atoms with E-state index in [0.29, 0.717) is 31.0 Å². The fourth-order valence-corrected chi connectivity index (χ4v) is 8.74. The molecule has 1 saturated heterocycles. The molecule has 1 aliphatic rings. The van der Waals surface area contributed by atoms with E-state index in [4.69, 9.17) is 23.5 Å². The highest BCUT2D eigenvalue weighted by molar-refractivity contribution is 7.80. The highest BCUT2D eigenvalue weighted by atomic mass is 32.3. The first kappa shape index (κ1) is 58.6. The van der Waals surface area contributed by atoms with E-state index >= 15 is 0 Å². The van der Waals surface area contributed by atoms with Crippen LogP contribution in [0.25, 0.3) is 0 Å². The molecule has 12 heteroatoms. The molecule has 0 bridgehead atoms. The molecule has 0 aliphatic carbocycles. The zero-order valence-electron chi connectivity index (χ0n) is 40.8. The quantitative estimate of drug-likeness (QED) is 0.0435. The number of hydrogen-bond acceptors (Lipinski definition) is 10. The molecule has 14 atom stereocenters. The molecule has 366 valence electrons.